The van der Waals surface area contributed by atoms with E-state index in [2.05, 4.69) is 139 Å². The first-order valence-corrected chi connectivity index (χ1v) is 16.7. The summed E-state index contributed by atoms with van der Waals surface area (Å²) in [6.45, 7) is 6.75. The van der Waals surface area contributed by atoms with Crippen molar-refractivity contribution >= 4 is 65.5 Å². The van der Waals surface area contributed by atoms with Crippen LogP contribution in [0.5, 0.6) is 0 Å². The maximum Gasteiger partial charge on any atom is 0.227 e. The normalized spacial score (nSPS) is 12.4. The highest BCUT2D eigenvalue weighted by atomic mass is 16.3. The molecule has 10 aromatic rings. The zero-order valence-corrected chi connectivity index (χ0v) is 27.5. The number of benzene rings is 6. The van der Waals surface area contributed by atoms with Crippen molar-refractivity contribution in [3.63, 3.8) is 0 Å². The third kappa shape index (κ3) is 4.18. The largest absolute Gasteiger partial charge is 0.436 e. The van der Waals surface area contributed by atoms with Crippen LogP contribution in [0.4, 0.5) is 0 Å². The van der Waals surface area contributed by atoms with Gasteiger partial charge >= 0.3 is 0 Å². The van der Waals surface area contributed by atoms with Crippen LogP contribution in [0.3, 0.4) is 0 Å². The van der Waals surface area contributed by atoms with Gasteiger partial charge in [-0.2, -0.15) is 0 Å². The summed E-state index contributed by atoms with van der Waals surface area (Å²) in [5.74, 6) is 1.53. The second kappa shape index (κ2) is 10.1. The first-order valence-electron chi connectivity index (χ1n) is 16.7. The summed E-state index contributed by atoms with van der Waals surface area (Å²) < 4.78 is 10.9. The molecule has 5 heteroatoms. The Morgan fingerprint density at radius 3 is 2.20 bits per heavy atom. The van der Waals surface area contributed by atoms with Gasteiger partial charge in [-0.25, -0.2) is 9.97 Å². The van der Waals surface area contributed by atoms with E-state index in [9.17, 15) is 0 Å². The molecule has 10 rings (SSSR count). The molecule has 0 saturated heterocycles. The zero-order chi connectivity index (χ0) is 32.9. The number of oxazole rings is 1. The predicted molar refractivity (Wildman–Crippen MR) is 202 cm³/mol. The molecular formula is C44H32N4O. The van der Waals surface area contributed by atoms with Crippen LogP contribution in [0.1, 0.15) is 26.3 Å². The summed E-state index contributed by atoms with van der Waals surface area (Å²) in [7, 11) is 0. The fraction of sp³-hybridized carbons (Fsp3) is 0.0909. The van der Waals surface area contributed by atoms with Crippen molar-refractivity contribution in [3.8, 4) is 23.0 Å². The number of fused-ring (bicyclic) bond motifs is 9. The summed E-state index contributed by atoms with van der Waals surface area (Å²) in [5.41, 5.74) is 9.40. The molecule has 0 spiro atoms. The second-order valence-corrected chi connectivity index (χ2v) is 13.9. The average Bonchev–Trinajstić information content (AvgIpc) is 3.81. The lowest BCUT2D eigenvalue weighted by molar-refractivity contribution is 0.588. The molecule has 0 radical (unpaired) electrons. The molecular weight excluding hydrogens is 601 g/mol. The van der Waals surface area contributed by atoms with Crippen molar-refractivity contribution in [2.75, 3.05) is 0 Å². The van der Waals surface area contributed by atoms with Crippen molar-refractivity contribution in [2.45, 2.75) is 26.2 Å². The van der Waals surface area contributed by atoms with Gasteiger partial charge in [0.15, 0.2) is 5.58 Å². The number of pyridine rings is 1. The monoisotopic (exact) mass is 632 g/mol. The number of hydrogen-bond acceptors (Lipinski definition) is 3. The molecule has 0 N–H and O–H groups in total. The van der Waals surface area contributed by atoms with Crippen LogP contribution in [0.25, 0.3) is 88.4 Å². The van der Waals surface area contributed by atoms with Crippen LogP contribution in [-0.2, 0) is 5.41 Å². The van der Waals surface area contributed by atoms with Crippen molar-refractivity contribution < 1.29 is 4.42 Å². The van der Waals surface area contributed by atoms with E-state index >= 15 is 0 Å². The van der Waals surface area contributed by atoms with Gasteiger partial charge in [-0.15, -0.1) is 0 Å². The second-order valence-electron chi connectivity index (χ2n) is 13.9. The summed E-state index contributed by atoms with van der Waals surface area (Å²) in [5, 5.41) is 7.29. The van der Waals surface area contributed by atoms with Crippen molar-refractivity contribution in [2.24, 2.45) is 0 Å². The first-order chi connectivity index (χ1) is 23.9. The molecule has 0 fully saturated rings. The quantitative estimate of drug-likeness (QED) is 0.195. The van der Waals surface area contributed by atoms with Gasteiger partial charge in [0.2, 0.25) is 5.89 Å². The lowest BCUT2D eigenvalue weighted by Gasteiger charge is -2.20. The maximum absolute atomic E-state index is 6.22. The minimum Gasteiger partial charge on any atom is -0.436 e. The van der Waals surface area contributed by atoms with E-state index < -0.39 is 0 Å². The highest BCUT2D eigenvalue weighted by molar-refractivity contribution is 6.21. The zero-order valence-electron chi connectivity index (χ0n) is 27.5. The molecule has 0 bridgehead atoms. The van der Waals surface area contributed by atoms with E-state index in [1.807, 2.05) is 30.5 Å². The molecule has 4 aromatic heterocycles. The molecule has 0 saturated carbocycles. The summed E-state index contributed by atoms with van der Waals surface area (Å²) in [4.78, 5) is 9.79. The molecule has 4 heterocycles. The Bertz CT molecular complexity index is 2900. The number of rotatable bonds is 3. The molecule has 0 amide bonds. The molecule has 0 aliphatic heterocycles. The highest BCUT2D eigenvalue weighted by Gasteiger charge is 2.21. The molecule has 0 unspecified atom stereocenters. The van der Waals surface area contributed by atoms with E-state index in [1.54, 1.807) is 0 Å². The molecule has 0 atom stereocenters. The molecule has 234 valence electrons. The van der Waals surface area contributed by atoms with Crippen LogP contribution in [0.2, 0.25) is 0 Å². The van der Waals surface area contributed by atoms with Crippen molar-refractivity contribution in [1.29, 1.82) is 0 Å². The molecule has 0 aliphatic rings. The average molecular weight is 633 g/mol. The third-order valence-corrected chi connectivity index (χ3v) is 9.95. The van der Waals surface area contributed by atoms with Gasteiger partial charge in [0.05, 0.1) is 22.1 Å². The fourth-order valence-electron chi connectivity index (χ4n) is 7.55. The Balaban J connectivity index is 1.28. The minimum absolute atomic E-state index is 0.0102. The van der Waals surface area contributed by atoms with Crippen LogP contribution < -0.4 is 0 Å². The van der Waals surface area contributed by atoms with Gasteiger partial charge in [0, 0.05) is 39.0 Å². The molecule has 6 aromatic carbocycles. The molecule has 49 heavy (non-hydrogen) atoms. The van der Waals surface area contributed by atoms with Crippen LogP contribution in [-0.4, -0.2) is 19.1 Å². The van der Waals surface area contributed by atoms with Gasteiger partial charge in [0.1, 0.15) is 11.3 Å². The Kier molecular flexibility index (Phi) is 5.77. The maximum atomic E-state index is 6.22. The van der Waals surface area contributed by atoms with E-state index in [0.29, 0.717) is 5.89 Å². The topological polar surface area (TPSA) is 48.8 Å². The van der Waals surface area contributed by atoms with Crippen molar-refractivity contribution in [3.05, 3.63) is 145 Å². The van der Waals surface area contributed by atoms with E-state index in [0.717, 1.165) is 50.2 Å². The van der Waals surface area contributed by atoms with Gasteiger partial charge in [-0.05, 0) is 82.4 Å². The molecule has 0 aliphatic carbocycles. The summed E-state index contributed by atoms with van der Waals surface area (Å²) in [6, 6.07) is 47.4. The fourth-order valence-corrected chi connectivity index (χ4v) is 7.55. The van der Waals surface area contributed by atoms with Crippen LogP contribution in [0, 0.1) is 0 Å². The number of nitrogens with zero attached hydrogens (tertiary/aromatic N) is 4. The van der Waals surface area contributed by atoms with Gasteiger partial charge in [0.25, 0.3) is 0 Å². The minimum atomic E-state index is -0.0102. The van der Waals surface area contributed by atoms with E-state index in [1.165, 1.54) is 37.9 Å². The van der Waals surface area contributed by atoms with E-state index in [-0.39, 0.29) is 5.41 Å². The Morgan fingerprint density at radius 1 is 0.571 bits per heavy atom. The predicted octanol–water partition coefficient (Wildman–Crippen LogP) is 11.5. The highest BCUT2D eigenvalue weighted by Crippen LogP contribution is 2.40. The summed E-state index contributed by atoms with van der Waals surface area (Å²) in [6.07, 6.45) is 1.94. The number of para-hydroxylation sites is 3. The van der Waals surface area contributed by atoms with Crippen LogP contribution >= 0.6 is 0 Å². The Labute approximate surface area is 282 Å². The lowest BCUT2D eigenvalue weighted by atomic mass is 9.88. The SMILES string of the molecule is CC(C)(C)c1ccnc(-n2c3cc(-n4c5ccccc5c5ccc(-c6nc7ccccc7o6)cc54)ccc3c3c4ccccc4ccc32)c1. The van der Waals surface area contributed by atoms with Crippen molar-refractivity contribution in [1.82, 2.24) is 19.1 Å². The lowest BCUT2D eigenvalue weighted by Crippen LogP contribution is -2.12. The first kappa shape index (κ1) is 27.9. The van der Waals surface area contributed by atoms with Gasteiger partial charge in [-0.1, -0.05) is 93.6 Å². The number of aromatic nitrogens is 4. The summed E-state index contributed by atoms with van der Waals surface area (Å²) >= 11 is 0. The Morgan fingerprint density at radius 2 is 1.33 bits per heavy atom. The number of hydrogen-bond donors (Lipinski definition) is 0. The standard InChI is InChI=1S/C44H32N4O/c1-44(2,3)29-22-23-45-41(25-29)48-37-21-17-27-10-4-5-11-31(27)42(37)34-20-18-30(26-39(34)48)47-36-14-8-6-12-32(36)33-19-16-28(24-38(33)47)43-46-35-13-7-9-15-40(35)49-43/h4-26H,1-3H3. The Hall–Kier alpha value is -6.20. The third-order valence-electron chi connectivity index (χ3n) is 9.95. The van der Waals surface area contributed by atoms with Crippen LogP contribution in [0.15, 0.2) is 144 Å². The van der Waals surface area contributed by atoms with Gasteiger partial charge < -0.3 is 8.98 Å². The van der Waals surface area contributed by atoms with E-state index in [4.69, 9.17) is 14.4 Å². The smallest absolute Gasteiger partial charge is 0.227 e. The molecule has 5 nitrogen and oxygen atoms in total. The van der Waals surface area contributed by atoms with Gasteiger partial charge in [-0.3, -0.25) is 4.57 Å².